The van der Waals surface area contributed by atoms with Crippen LogP contribution in [0, 0.1) is 6.92 Å². The molecule has 1 heterocycles. The highest BCUT2D eigenvalue weighted by molar-refractivity contribution is 7.97. The fourth-order valence-electron chi connectivity index (χ4n) is 2.80. The first-order valence-electron chi connectivity index (χ1n) is 9.13. The van der Waals surface area contributed by atoms with Crippen LogP contribution in [0.2, 0.25) is 10.0 Å². The van der Waals surface area contributed by atoms with Crippen molar-refractivity contribution >= 4 is 41.1 Å². The summed E-state index contributed by atoms with van der Waals surface area (Å²) < 4.78 is 7.34. The van der Waals surface area contributed by atoms with Gasteiger partial charge in [-0.1, -0.05) is 53.5 Å². The molecular weight excluding hydrogens is 427 g/mol. The van der Waals surface area contributed by atoms with E-state index in [2.05, 4.69) is 0 Å². The van der Waals surface area contributed by atoms with E-state index in [1.807, 2.05) is 68.2 Å². The lowest BCUT2D eigenvalue weighted by atomic mass is 10.0. The van der Waals surface area contributed by atoms with Gasteiger partial charge in [0.05, 0.1) is 27.9 Å². The predicted octanol–water partition coefficient (Wildman–Crippen LogP) is 6.60. The van der Waals surface area contributed by atoms with Gasteiger partial charge in [-0.15, -0.1) is 0 Å². The van der Waals surface area contributed by atoms with E-state index in [0.717, 1.165) is 27.4 Å². The van der Waals surface area contributed by atoms with E-state index >= 15 is 0 Å². The van der Waals surface area contributed by atoms with Crippen LogP contribution in [0.25, 0.3) is 11.3 Å². The van der Waals surface area contributed by atoms with Gasteiger partial charge >= 0.3 is 5.97 Å². The van der Waals surface area contributed by atoms with Gasteiger partial charge in [-0.05, 0) is 45.9 Å². The first-order chi connectivity index (χ1) is 13.6. The number of esters is 1. The molecule has 0 aliphatic carbocycles. The SMILES string of the molecule is Cc1c(CC(=O)OC(C)(C)C)c(-c2ccccc2)nn1Sc1ccc(Cl)c(Cl)c1. The molecule has 0 bridgehead atoms. The van der Waals surface area contributed by atoms with E-state index in [-0.39, 0.29) is 12.4 Å². The highest BCUT2D eigenvalue weighted by Gasteiger charge is 2.23. The summed E-state index contributed by atoms with van der Waals surface area (Å²) in [6.07, 6.45) is 0.148. The van der Waals surface area contributed by atoms with Crippen molar-refractivity contribution in [2.24, 2.45) is 0 Å². The zero-order valence-electron chi connectivity index (χ0n) is 16.7. The zero-order chi connectivity index (χ0) is 21.2. The maximum absolute atomic E-state index is 12.5. The third-order valence-corrected chi connectivity index (χ3v) is 5.80. The molecule has 0 fully saturated rings. The molecule has 0 saturated carbocycles. The van der Waals surface area contributed by atoms with Crippen LogP contribution in [0.4, 0.5) is 0 Å². The molecule has 3 aromatic rings. The minimum absolute atomic E-state index is 0.148. The number of ether oxygens (including phenoxy) is 1. The molecule has 0 amide bonds. The lowest BCUT2D eigenvalue weighted by molar-refractivity contribution is -0.153. The van der Waals surface area contributed by atoms with Gasteiger partial charge < -0.3 is 4.74 Å². The van der Waals surface area contributed by atoms with Crippen LogP contribution in [0.3, 0.4) is 0 Å². The molecule has 3 rings (SSSR count). The third kappa shape index (κ3) is 5.56. The van der Waals surface area contributed by atoms with Gasteiger partial charge in [0, 0.05) is 28.0 Å². The summed E-state index contributed by atoms with van der Waals surface area (Å²) in [6, 6.07) is 15.3. The maximum Gasteiger partial charge on any atom is 0.310 e. The first kappa shape index (κ1) is 21.8. The fourth-order valence-corrected chi connectivity index (χ4v) is 4.03. The van der Waals surface area contributed by atoms with Crippen LogP contribution in [0.5, 0.6) is 0 Å². The van der Waals surface area contributed by atoms with Crippen LogP contribution in [0.1, 0.15) is 32.0 Å². The molecule has 0 aliphatic heterocycles. The largest absolute Gasteiger partial charge is 0.460 e. The third-order valence-electron chi connectivity index (χ3n) is 4.07. The van der Waals surface area contributed by atoms with Crippen molar-refractivity contribution in [1.29, 1.82) is 0 Å². The Morgan fingerprint density at radius 1 is 1.10 bits per heavy atom. The van der Waals surface area contributed by atoms with Gasteiger partial charge in [0.15, 0.2) is 0 Å². The molecule has 29 heavy (non-hydrogen) atoms. The van der Waals surface area contributed by atoms with Crippen molar-refractivity contribution in [3.63, 3.8) is 0 Å². The summed E-state index contributed by atoms with van der Waals surface area (Å²) >= 11 is 13.6. The summed E-state index contributed by atoms with van der Waals surface area (Å²) in [5.74, 6) is -0.281. The molecule has 0 aliphatic rings. The smallest absolute Gasteiger partial charge is 0.310 e. The first-order valence-corrected chi connectivity index (χ1v) is 10.7. The highest BCUT2D eigenvalue weighted by atomic mass is 35.5. The van der Waals surface area contributed by atoms with E-state index < -0.39 is 5.60 Å². The second-order valence-electron chi connectivity index (χ2n) is 7.58. The predicted molar refractivity (Wildman–Crippen MR) is 120 cm³/mol. The minimum atomic E-state index is -0.539. The van der Waals surface area contributed by atoms with Crippen molar-refractivity contribution in [3.05, 3.63) is 69.8 Å². The maximum atomic E-state index is 12.5. The lowest BCUT2D eigenvalue weighted by Gasteiger charge is -2.19. The number of carbonyl (C=O) groups excluding carboxylic acids is 1. The summed E-state index contributed by atoms with van der Waals surface area (Å²) in [6.45, 7) is 7.53. The lowest BCUT2D eigenvalue weighted by Crippen LogP contribution is -2.25. The minimum Gasteiger partial charge on any atom is -0.460 e. The number of nitrogens with zero attached hydrogens (tertiary/aromatic N) is 2. The number of benzene rings is 2. The topological polar surface area (TPSA) is 44.1 Å². The van der Waals surface area contributed by atoms with Crippen LogP contribution < -0.4 is 0 Å². The van der Waals surface area contributed by atoms with E-state index in [9.17, 15) is 4.79 Å². The average Bonchev–Trinajstić information content (AvgIpc) is 2.93. The molecule has 0 radical (unpaired) electrons. The van der Waals surface area contributed by atoms with E-state index in [1.165, 1.54) is 11.9 Å². The second-order valence-corrected chi connectivity index (χ2v) is 9.40. The van der Waals surface area contributed by atoms with Crippen LogP contribution in [0.15, 0.2) is 53.4 Å². The van der Waals surface area contributed by atoms with Crippen LogP contribution in [-0.2, 0) is 16.0 Å². The van der Waals surface area contributed by atoms with E-state index in [1.54, 1.807) is 12.1 Å². The molecule has 0 N–H and O–H groups in total. The normalized spacial score (nSPS) is 11.5. The molecule has 2 aromatic carbocycles. The van der Waals surface area contributed by atoms with Gasteiger partial charge in [0.2, 0.25) is 0 Å². The van der Waals surface area contributed by atoms with E-state index in [0.29, 0.717) is 10.0 Å². The molecule has 0 spiro atoms. The van der Waals surface area contributed by atoms with Gasteiger partial charge in [-0.25, -0.2) is 4.09 Å². The van der Waals surface area contributed by atoms with Crippen molar-refractivity contribution in [3.8, 4) is 11.3 Å². The van der Waals surface area contributed by atoms with Crippen LogP contribution in [-0.4, -0.2) is 20.8 Å². The highest BCUT2D eigenvalue weighted by Crippen LogP contribution is 2.33. The molecule has 1 aromatic heterocycles. The number of aromatic nitrogens is 2. The molecule has 0 unspecified atom stereocenters. The van der Waals surface area contributed by atoms with Gasteiger partial charge in [0.25, 0.3) is 0 Å². The number of hydrogen-bond donors (Lipinski definition) is 0. The Hall–Kier alpha value is -1.95. The summed E-state index contributed by atoms with van der Waals surface area (Å²) in [7, 11) is 0. The summed E-state index contributed by atoms with van der Waals surface area (Å²) in [4.78, 5) is 13.4. The van der Waals surface area contributed by atoms with Crippen LogP contribution >= 0.6 is 35.1 Å². The monoisotopic (exact) mass is 448 g/mol. The van der Waals surface area contributed by atoms with Crippen molar-refractivity contribution in [2.45, 2.75) is 44.6 Å². The molecule has 4 nitrogen and oxygen atoms in total. The number of rotatable bonds is 5. The van der Waals surface area contributed by atoms with Gasteiger partial charge in [-0.3, -0.25) is 4.79 Å². The Morgan fingerprint density at radius 3 is 2.41 bits per heavy atom. The number of halogens is 2. The Kier molecular flexibility index (Phi) is 6.62. The van der Waals surface area contributed by atoms with Gasteiger partial charge in [0.1, 0.15) is 5.60 Å². The average molecular weight is 449 g/mol. The molecule has 0 atom stereocenters. The Balaban J connectivity index is 1.99. The zero-order valence-corrected chi connectivity index (χ0v) is 19.0. The fraction of sp³-hybridized carbons (Fsp3) is 0.273. The summed E-state index contributed by atoms with van der Waals surface area (Å²) in [5.41, 5.74) is 2.90. The number of hydrogen-bond acceptors (Lipinski definition) is 4. The van der Waals surface area contributed by atoms with Crippen molar-refractivity contribution in [2.75, 3.05) is 0 Å². The molecule has 0 saturated heterocycles. The quantitative estimate of drug-likeness (QED) is 0.412. The Morgan fingerprint density at radius 2 is 1.79 bits per heavy atom. The number of carbonyl (C=O) groups is 1. The van der Waals surface area contributed by atoms with E-state index in [4.69, 9.17) is 33.0 Å². The second kappa shape index (κ2) is 8.82. The summed E-state index contributed by atoms with van der Waals surface area (Å²) in [5, 5.41) is 5.76. The Labute approximate surface area is 185 Å². The molecule has 152 valence electrons. The van der Waals surface area contributed by atoms with Crippen molar-refractivity contribution in [1.82, 2.24) is 9.19 Å². The standard InChI is InChI=1S/C22H22Cl2N2O2S/c1-14-17(13-20(27)28-22(2,3)4)21(15-8-6-5-7-9-15)25-26(14)29-16-10-11-18(23)19(24)12-16/h5-12H,13H2,1-4H3. The van der Waals surface area contributed by atoms with Crippen molar-refractivity contribution < 1.29 is 9.53 Å². The molecule has 7 heteroatoms. The Bertz CT molecular complexity index is 1030. The molecular formula is C22H22Cl2N2O2S. The van der Waals surface area contributed by atoms with Gasteiger partial charge in [-0.2, -0.15) is 5.10 Å².